The molecule has 1 fully saturated rings. The van der Waals surface area contributed by atoms with Crippen LogP contribution in [-0.4, -0.2) is 34.9 Å². The van der Waals surface area contributed by atoms with Crippen molar-refractivity contribution in [2.75, 3.05) is 39.8 Å². The molecule has 0 atom stereocenters. The molecule has 112 valence electrons. The van der Waals surface area contributed by atoms with Crippen molar-refractivity contribution < 1.29 is 9.47 Å². The van der Waals surface area contributed by atoms with E-state index in [0.717, 1.165) is 30.0 Å². The van der Waals surface area contributed by atoms with Crippen molar-refractivity contribution in [3.8, 4) is 11.5 Å². The third-order valence-electron chi connectivity index (χ3n) is 4.51. The first-order valence-corrected chi connectivity index (χ1v) is 7.22. The van der Waals surface area contributed by atoms with Crippen LogP contribution in [0.1, 0.15) is 31.2 Å². The molecule has 0 radical (unpaired) electrons. The van der Waals surface area contributed by atoms with Crippen LogP contribution in [0.15, 0.2) is 12.1 Å². The Bertz CT molecular complexity index is 466. The van der Waals surface area contributed by atoms with E-state index >= 15 is 0 Å². The van der Waals surface area contributed by atoms with Crippen LogP contribution in [0.4, 0.5) is 5.69 Å². The Labute approximate surface area is 121 Å². The fraction of sp³-hybridized carbons (Fsp3) is 0.625. The molecule has 1 saturated carbocycles. The van der Waals surface area contributed by atoms with Gasteiger partial charge in [-0.25, -0.2) is 0 Å². The molecule has 20 heavy (non-hydrogen) atoms. The maximum atomic E-state index is 6.11. The van der Waals surface area contributed by atoms with Crippen LogP contribution in [0.2, 0.25) is 0 Å². The molecule has 1 aromatic carbocycles. The fourth-order valence-electron chi connectivity index (χ4n) is 3.28. The average Bonchev–Trinajstić information content (AvgIpc) is 2.95. The van der Waals surface area contributed by atoms with Gasteiger partial charge < -0.3 is 20.1 Å². The number of nitrogens with two attached hydrogens (primary N) is 1. The molecule has 0 bridgehead atoms. The Balaban J connectivity index is 2.57. The van der Waals surface area contributed by atoms with Crippen LogP contribution in [-0.2, 0) is 5.41 Å². The van der Waals surface area contributed by atoms with E-state index in [1.54, 1.807) is 14.2 Å². The molecule has 4 heteroatoms. The number of ether oxygens (including phenoxy) is 2. The zero-order valence-electron chi connectivity index (χ0n) is 13.0. The zero-order chi connectivity index (χ0) is 14.8. The van der Waals surface area contributed by atoms with Crippen molar-refractivity contribution >= 4 is 5.69 Å². The van der Waals surface area contributed by atoms with Gasteiger partial charge in [-0.2, -0.15) is 0 Å². The van der Waals surface area contributed by atoms with E-state index in [2.05, 4.69) is 12.1 Å². The Morgan fingerprint density at radius 2 is 1.70 bits per heavy atom. The first-order chi connectivity index (χ1) is 9.57. The lowest BCUT2D eigenvalue weighted by molar-refractivity contribution is 0.370. The van der Waals surface area contributed by atoms with E-state index in [9.17, 15) is 0 Å². The monoisotopic (exact) mass is 278 g/mol. The van der Waals surface area contributed by atoms with Crippen LogP contribution in [0.5, 0.6) is 11.5 Å². The summed E-state index contributed by atoms with van der Waals surface area (Å²) < 4.78 is 11.2. The molecule has 1 aliphatic carbocycles. The lowest BCUT2D eigenvalue weighted by Gasteiger charge is -2.31. The quantitative estimate of drug-likeness (QED) is 0.899. The van der Waals surface area contributed by atoms with E-state index in [-0.39, 0.29) is 5.41 Å². The Morgan fingerprint density at radius 1 is 1.10 bits per heavy atom. The van der Waals surface area contributed by atoms with Gasteiger partial charge in [-0.15, -0.1) is 0 Å². The number of hydrogen-bond donors (Lipinski definition) is 1. The maximum Gasteiger partial charge on any atom is 0.142 e. The molecule has 0 aromatic heterocycles. The average molecular weight is 278 g/mol. The van der Waals surface area contributed by atoms with Crippen LogP contribution >= 0.6 is 0 Å². The highest BCUT2D eigenvalue weighted by Crippen LogP contribution is 2.47. The summed E-state index contributed by atoms with van der Waals surface area (Å²) >= 11 is 0. The minimum atomic E-state index is 0.0451. The lowest BCUT2D eigenvalue weighted by Crippen LogP contribution is -2.32. The van der Waals surface area contributed by atoms with E-state index < -0.39 is 0 Å². The molecule has 0 saturated heterocycles. The smallest absolute Gasteiger partial charge is 0.142 e. The van der Waals surface area contributed by atoms with Crippen molar-refractivity contribution in [1.29, 1.82) is 0 Å². The van der Waals surface area contributed by atoms with Crippen LogP contribution < -0.4 is 20.1 Å². The van der Waals surface area contributed by atoms with E-state index in [1.807, 2.05) is 19.0 Å². The van der Waals surface area contributed by atoms with Crippen LogP contribution in [0.25, 0.3) is 0 Å². The Kier molecular flexibility index (Phi) is 4.43. The molecule has 0 amide bonds. The highest BCUT2D eigenvalue weighted by Gasteiger charge is 2.37. The molecule has 1 aliphatic rings. The topological polar surface area (TPSA) is 47.7 Å². The Hall–Kier alpha value is -1.42. The van der Waals surface area contributed by atoms with Gasteiger partial charge in [-0.3, -0.25) is 0 Å². The summed E-state index contributed by atoms with van der Waals surface area (Å²) in [7, 11) is 7.45. The van der Waals surface area contributed by atoms with Crippen molar-refractivity contribution in [3.63, 3.8) is 0 Å². The van der Waals surface area contributed by atoms with Gasteiger partial charge in [0, 0.05) is 37.7 Å². The number of benzene rings is 1. The number of methoxy groups -OCH3 is 2. The summed E-state index contributed by atoms with van der Waals surface area (Å²) in [4.78, 5) is 2.04. The number of hydrogen-bond acceptors (Lipinski definition) is 4. The summed E-state index contributed by atoms with van der Waals surface area (Å²) in [5, 5.41) is 0. The molecule has 4 nitrogen and oxygen atoms in total. The lowest BCUT2D eigenvalue weighted by atomic mass is 9.78. The molecular formula is C16H26N2O2. The Morgan fingerprint density at radius 3 is 2.15 bits per heavy atom. The molecule has 1 aromatic rings. The van der Waals surface area contributed by atoms with E-state index in [4.69, 9.17) is 15.2 Å². The van der Waals surface area contributed by atoms with E-state index in [0.29, 0.717) is 6.54 Å². The van der Waals surface area contributed by atoms with Crippen LogP contribution in [0, 0.1) is 0 Å². The highest BCUT2D eigenvalue weighted by molar-refractivity contribution is 5.64. The summed E-state index contributed by atoms with van der Waals surface area (Å²) in [5.41, 5.74) is 8.37. The molecular weight excluding hydrogens is 252 g/mol. The minimum absolute atomic E-state index is 0.0451. The third-order valence-corrected chi connectivity index (χ3v) is 4.51. The fourth-order valence-corrected chi connectivity index (χ4v) is 3.28. The van der Waals surface area contributed by atoms with Crippen LogP contribution in [0.3, 0.4) is 0 Å². The van der Waals surface area contributed by atoms with Gasteiger partial charge in [0.1, 0.15) is 11.5 Å². The summed E-state index contributed by atoms with van der Waals surface area (Å²) in [5.74, 6) is 1.80. The largest absolute Gasteiger partial charge is 0.496 e. The van der Waals surface area contributed by atoms with Gasteiger partial charge in [0.2, 0.25) is 0 Å². The zero-order valence-corrected chi connectivity index (χ0v) is 13.0. The first-order valence-electron chi connectivity index (χ1n) is 7.22. The number of anilines is 1. The molecule has 0 heterocycles. The highest BCUT2D eigenvalue weighted by atomic mass is 16.5. The SMILES string of the molecule is COc1cc(C2(CN)CCCC2)c(OC)cc1N(C)C. The van der Waals surface area contributed by atoms with Gasteiger partial charge in [0.25, 0.3) is 0 Å². The number of rotatable bonds is 5. The predicted molar refractivity (Wildman–Crippen MR) is 83.1 cm³/mol. The summed E-state index contributed by atoms with van der Waals surface area (Å²) in [6, 6.07) is 4.18. The second-order valence-electron chi connectivity index (χ2n) is 5.81. The third kappa shape index (κ3) is 2.44. The standard InChI is InChI=1S/C16H26N2O2/c1-18(2)13-10-14(19-3)12(9-15(13)20-4)16(11-17)7-5-6-8-16/h9-10H,5-8,11,17H2,1-4H3. The van der Waals surface area contributed by atoms with Crippen molar-refractivity contribution in [3.05, 3.63) is 17.7 Å². The van der Waals surface area contributed by atoms with Gasteiger partial charge in [-0.1, -0.05) is 12.8 Å². The number of nitrogens with zero attached hydrogens (tertiary/aromatic N) is 1. The maximum absolute atomic E-state index is 6.11. The molecule has 2 N–H and O–H groups in total. The molecule has 0 aliphatic heterocycles. The first kappa shape index (κ1) is 15.0. The second kappa shape index (κ2) is 5.92. The van der Waals surface area contributed by atoms with Crippen molar-refractivity contribution in [1.82, 2.24) is 0 Å². The van der Waals surface area contributed by atoms with Crippen molar-refractivity contribution in [2.45, 2.75) is 31.1 Å². The summed E-state index contributed by atoms with van der Waals surface area (Å²) in [6.07, 6.45) is 4.73. The van der Waals surface area contributed by atoms with Crippen molar-refractivity contribution in [2.24, 2.45) is 5.73 Å². The van der Waals surface area contributed by atoms with Gasteiger partial charge in [0.05, 0.1) is 19.9 Å². The van der Waals surface area contributed by atoms with Gasteiger partial charge in [-0.05, 0) is 18.9 Å². The molecule has 2 rings (SSSR count). The van der Waals surface area contributed by atoms with Gasteiger partial charge >= 0.3 is 0 Å². The van der Waals surface area contributed by atoms with Gasteiger partial charge in [0.15, 0.2) is 0 Å². The summed E-state index contributed by atoms with van der Waals surface area (Å²) in [6.45, 7) is 0.661. The second-order valence-corrected chi connectivity index (χ2v) is 5.81. The van der Waals surface area contributed by atoms with E-state index in [1.165, 1.54) is 18.4 Å². The molecule has 0 unspecified atom stereocenters. The predicted octanol–water partition coefficient (Wildman–Crippen LogP) is 2.54. The molecule has 0 spiro atoms. The minimum Gasteiger partial charge on any atom is -0.496 e. The normalized spacial score (nSPS) is 17.1.